The summed E-state index contributed by atoms with van der Waals surface area (Å²) in [5, 5.41) is 43.4. The zero-order valence-corrected chi connectivity index (χ0v) is 34.3. The van der Waals surface area contributed by atoms with Crippen LogP contribution in [0, 0.1) is 0 Å². The van der Waals surface area contributed by atoms with Crippen LogP contribution in [-0.2, 0) is 0 Å². The molecular weight excluding hydrogens is 799 g/mol. The molecule has 0 radical (unpaired) electrons. The molecule has 10 aromatic rings. The van der Waals surface area contributed by atoms with Crippen LogP contribution >= 0.6 is 105 Å². The van der Waals surface area contributed by atoms with Crippen LogP contribution in [0.3, 0.4) is 0 Å². The van der Waals surface area contributed by atoms with Gasteiger partial charge in [0.1, 0.15) is 0 Å². The fourth-order valence-electron chi connectivity index (χ4n) is 6.94. The van der Waals surface area contributed by atoms with Crippen molar-refractivity contribution in [2.24, 2.45) is 0 Å². The third kappa shape index (κ3) is 5.28. The zero-order chi connectivity index (χ0) is 33.0. The first-order chi connectivity index (χ1) is 24.9. The van der Waals surface area contributed by atoms with E-state index in [-0.39, 0.29) is 0 Å². The summed E-state index contributed by atoms with van der Waals surface area (Å²) in [6, 6.07) is 18.9. The highest BCUT2D eigenvalue weighted by atomic mass is 32.1. The molecule has 10 heterocycles. The molecule has 0 fully saturated rings. The third-order valence-corrected chi connectivity index (χ3v) is 22.0. The summed E-state index contributed by atoms with van der Waals surface area (Å²) in [7, 11) is -1.82. The van der Waals surface area contributed by atoms with Crippen molar-refractivity contribution in [2.45, 2.75) is 0 Å². The molecule has 10 aromatic heterocycles. The highest BCUT2D eigenvalue weighted by Crippen LogP contribution is 2.81. The Bertz CT molecular complexity index is 2220. The van der Waals surface area contributed by atoms with Crippen LogP contribution in [-0.4, -0.2) is 0 Å². The van der Waals surface area contributed by atoms with Crippen LogP contribution in [0.2, 0.25) is 0 Å². The molecule has 50 heavy (non-hydrogen) atoms. The normalized spacial score (nSPS) is 11.6. The molecule has 0 saturated heterocycles. The smallest absolute Gasteiger partial charge is 0.0190 e. The molecule has 0 amide bonds. The van der Waals surface area contributed by atoms with E-state index in [1.165, 1.54) is 87.9 Å². The number of hydrogen-bond donors (Lipinski definition) is 0. The Labute approximate surface area is 324 Å². The molecule has 0 spiro atoms. The average molecular weight is 823 g/mol. The van der Waals surface area contributed by atoms with Crippen molar-refractivity contribution in [1.82, 2.24) is 0 Å². The monoisotopic (exact) mass is 822 g/mol. The average Bonchev–Trinajstić information content (AvgIpc) is 4.02. The van der Waals surface area contributed by atoms with Crippen molar-refractivity contribution >= 4 is 105 Å². The van der Waals surface area contributed by atoms with Crippen molar-refractivity contribution in [3.8, 4) is 87.9 Å². The van der Waals surface area contributed by atoms with Gasteiger partial charge in [-0.05, 0) is 179 Å². The summed E-state index contributed by atoms with van der Waals surface area (Å²) >= 11 is 14.5. The van der Waals surface area contributed by atoms with Crippen LogP contribution < -0.4 is 0 Å². The standard InChI is InChI=1S/C40H24P2S8/c1-9-43-17-25(1)33-34(26-2-10-44-18-26)38(30-6-14-48-22-30)41(37(33)29-5-13-47-21-29)42-39(31-7-15-49-23-31)35(27-3-11-45-19-27)36(28-4-12-46-20-28)40(42)32-8-16-50-24-32/h1-24H. The minimum absolute atomic E-state index is 0.908. The summed E-state index contributed by atoms with van der Waals surface area (Å²) in [4.78, 5) is 0. The molecule has 10 heteroatoms. The maximum absolute atomic E-state index is 2.41. The minimum Gasteiger partial charge on any atom is -0.152 e. The van der Waals surface area contributed by atoms with E-state index in [2.05, 4.69) is 135 Å². The molecule has 0 nitrogen and oxygen atoms in total. The zero-order valence-electron chi connectivity index (χ0n) is 26.0. The van der Waals surface area contributed by atoms with E-state index in [0.717, 1.165) is 0 Å². The SMILES string of the molecule is c1cc(-c2c(-c3ccsc3)c(-c3ccsc3)p(-p3c(-c4ccsc4)c(-c4ccsc4)c(-c4ccsc4)c3-c3ccsc3)c2-c2ccsc2)cs1. The molecule has 0 atom stereocenters. The fourth-order valence-corrected chi connectivity index (χ4v) is 22.0. The lowest BCUT2D eigenvalue weighted by atomic mass is 9.95. The lowest BCUT2D eigenvalue weighted by Gasteiger charge is -2.16. The van der Waals surface area contributed by atoms with E-state index in [1.54, 1.807) is 45.3 Å². The van der Waals surface area contributed by atoms with Gasteiger partial charge in [-0.1, -0.05) is 14.4 Å². The Morgan fingerprint density at radius 2 is 0.420 bits per heavy atom. The van der Waals surface area contributed by atoms with Crippen LogP contribution in [0.25, 0.3) is 87.9 Å². The molecule has 242 valence electrons. The van der Waals surface area contributed by atoms with E-state index in [9.17, 15) is 0 Å². The first-order valence-electron chi connectivity index (χ1n) is 15.7. The van der Waals surface area contributed by atoms with Crippen molar-refractivity contribution in [3.05, 3.63) is 135 Å². The lowest BCUT2D eigenvalue weighted by Crippen LogP contribution is -1.81. The van der Waals surface area contributed by atoms with E-state index in [4.69, 9.17) is 0 Å². The summed E-state index contributed by atoms with van der Waals surface area (Å²) in [5.41, 5.74) is 16.5. The maximum atomic E-state index is 2.41. The van der Waals surface area contributed by atoms with Crippen LogP contribution in [0.4, 0.5) is 0 Å². The maximum Gasteiger partial charge on any atom is 0.0190 e. The predicted octanol–water partition coefficient (Wildman–Crippen LogP) is 17.8. The van der Waals surface area contributed by atoms with Gasteiger partial charge in [0, 0.05) is 43.4 Å². The summed E-state index contributed by atoms with van der Waals surface area (Å²) in [5.74, 6) is 0. The topological polar surface area (TPSA) is 0 Å². The first-order valence-corrected chi connectivity index (χ1v) is 26.6. The molecule has 10 rings (SSSR count). The molecule has 0 unspecified atom stereocenters. The molecule has 0 aliphatic heterocycles. The quantitative estimate of drug-likeness (QED) is 0.136. The van der Waals surface area contributed by atoms with Gasteiger partial charge >= 0.3 is 0 Å². The van der Waals surface area contributed by atoms with Gasteiger partial charge in [-0.3, -0.25) is 0 Å². The van der Waals surface area contributed by atoms with Gasteiger partial charge in [-0.2, -0.15) is 90.7 Å². The van der Waals surface area contributed by atoms with Gasteiger partial charge < -0.3 is 0 Å². The highest BCUT2D eigenvalue weighted by molar-refractivity contribution is 8.26. The largest absolute Gasteiger partial charge is 0.152 e. The van der Waals surface area contributed by atoms with E-state index >= 15 is 0 Å². The predicted molar refractivity (Wildman–Crippen MR) is 236 cm³/mol. The molecule has 0 aliphatic rings. The van der Waals surface area contributed by atoms with Gasteiger partial charge in [0.25, 0.3) is 0 Å². The van der Waals surface area contributed by atoms with Gasteiger partial charge in [-0.25, -0.2) is 0 Å². The molecule has 0 aliphatic carbocycles. The fraction of sp³-hybridized carbons (Fsp3) is 0. The first kappa shape index (κ1) is 31.9. The number of thiophene rings is 8. The molecular formula is C40H24P2S8. The molecule has 0 aromatic carbocycles. The highest BCUT2D eigenvalue weighted by Gasteiger charge is 2.36. The van der Waals surface area contributed by atoms with E-state index < -0.39 is 14.4 Å². The summed E-state index contributed by atoms with van der Waals surface area (Å²) in [6.45, 7) is 0. The second-order valence-corrected chi connectivity index (χ2v) is 23.3. The van der Waals surface area contributed by atoms with Gasteiger partial charge in [0.15, 0.2) is 0 Å². The lowest BCUT2D eigenvalue weighted by molar-refractivity contribution is 1.74. The van der Waals surface area contributed by atoms with Gasteiger partial charge in [0.05, 0.1) is 0 Å². The number of hydrogen-bond acceptors (Lipinski definition) is 8. The molecule has 0 bridgehead atoms. The van der Waals surface area contributed by atoms with Gasteiger partial charge in [-0.15, -0.1) is 0 Å². The van der Waals surface area contributed by atoms with Crippen molar-refractivity contribution in [3.63, 3.8) is 0 Å². The van der Waals surface area contributed by atoms with E-state index in [0.29, 0.717) is 0 Å². The van der Waals surface area contributed by atoms with Gasteiger partial charge in [0.2, 0.25) is 0 Å². The Balaban J connectivity index is 1.50. The minimum atomic E-state index is -0.908. The van der Waals surface area contributed by atoms with Crippen molar-refractivity contribution in [2.75, 3.05) is 0 Å². The Morgan fingerprint density at radius 3 is 0.580 bits per heavy atom. The van der Waals surface area contributed by atoms with E-state index in [1.807, 2.05) is 45.3 Å². The molecule has 0 N–H and O–H groups in total. The van der Waals surface area contributed by atoms with Crippen LogP contribution in [0.5, 0.6) is 0 Å². The molecule has 0 saturated carbocycles. The Hall–Kier alpha value is -2.84. The van der Waals surface area contributed by atoms with Crippen molar-refractivity contribution < 1.29 is 0 Å². The van der Waals surface area contributed by atoms with Crippen molar-refractivity contribution in [1.29, 1.82) is 0 Å². The summed E-state index contributed by atoms with van der Waals surface area (Å²) in [6.07, 6.45) is 0. The number of rotatable bonds is 9. The van der Waals surface area contributed by atoms with Crippen LogP contribution in [0.15, 0.2) is 135 Å². The second-order valence-electron chi connectivity index (χ2n) is 11.6. The second kappa shape index (κ2) is 13.6. The van der Waals surface area contributed by atoms with Crippen LogP contribution in [0.1, 0.15) is 0 Å². The Morgan fingerprint density at radius 1 is 0.240 bits per heavy atom. The Kier molecular flexibility index (Phi) is 8.67. The third-order valence-electron chi connectivity index (χ3n) is 8.91. The summed E-state index contributed by atoms with van der Waals surface area (Å²) < 4.78 is 0.